The predicted molar refractivity (Wildman–Crippen MR) is 46.2 cm³/mol. The monoisotopic (exact) mass is 170 g/mol. The second-order valence-electron chi connectivity index (χ2n) is 2.46. The Morgan fingerprint density at radius 2 is 2.17 bits per heavy atom. The maximum absolute atomic E-state index is 12.9. The highest BCUT2D eigenvalue weighted by Crippen LogP contribution is 2.25. The molecule has 0 saturated heterocycles. The summed E-state index contributed by atoms with van der Waals surface area (Å²) >= 11 is 0. The maximum Gasteiger partial charge on any atom is 0.148 e. The van der Waals surface area contributed by atoms with Crippen molar-refractivity contribution in [1.29, 1.82) is 0 Å². The molecule has 0 radical (unpaired) electrons. The Morgan fingerprint density at radius 1 is 1.50 bits per heavy atom. The van der Waals surface area contributed by atoms with Gasteiger partial charge >= 0.3 is 0 Å². The molecule has 0 aliphatic heterocycles. The van der Waals surface area contributed by atoms with Crippen molar-refractivity contribution in [2.45, 2.75) is 6.92 Å². The minimum Gasteiger partial charge on any atom is -0.395 e. The van der Waals surface area contributed by atoms with Crippen molar-refractivity contribution in [2.75, 3.05) is 18.3 Å². The molecule has 0 heterocycles. The van der Waals surface area contributed by atoms with Gasteiger partial charge in [0, 0.05) is 0 Å². The highest BCUT2D eigenvalue weighted by molar-refractivity contribution is 5.69. The molecule has 1 rings (SSSR count). The van der Waals surface area contributed by atoms with Gasteiger partial charge in [-0.1, -0.05) is 6.07 Å². The lowest BCUT2D eigenvalue weighted by atomic mass is 10.1. The van der Waals surface area contributed by atoms with Gasteiger partial charge in [-0.05, 0) is 18.6 Å². The normalized spacial score (nSPS) is 9.92. The summed E-state index contributed by atoms with van der Waals surface area (Å²) in [7, 11) is 1.45. The van der Waals surface area contributed by atoms with Crippen LogP contribution < -0.4 is 11.2 Å². The van der Waals surface area contributed by atoms with Crippen LogP contribution in [0.3, 0.4) is 0 Å². The fraction of sp³-hybridized carbons (Fsp3) is 0.250. The van der Waals surface area contributed by atoms with E-state index in [1.54, 1.807) is 6.07 Å². The third kappa shape index (κ3) is 1.48. The third-order valence-corrected chi connectivity index (χ3v) is 1.60. The number of hydrogen-bond acceptors (Lipinski definition) is 3. The average Bonchev–Trinajstić information content (AvgIpc) is 2.06. The lowest BCUT2D eigenvalue weighted by Gasteiger charge is -2.10. The summed E-state index contributed by atoms with van der Waals surface area (Å²) in [5, 5.41) is 0. The zero-order valence-electron chi connectivity index (χ0n) is 7.02. The van der Waals surface area contributed by atoms with Gasteiger partial charge in [-0.25, -0.2) is 4.39 Å². The van der Waals surface area contributed by atoms with Gasteiger partial charge in [-0.3, -0.25) is 10.3 Å². The van der Waals surface area contributed by atoms with Gasteiger partial charge in [-0.15, -0.1) is 0 Å². The van der Waals surface area contributed by atoms with Crippen molar-refractivity contribution in [3.05, 3.63) is 23.5 Å². The largest absolute Gasteiger partial charge is 0.395 e. The molecule has 4 heteroatoms. The Hall–Kier alpha value is -1.29. The van der Waals surface area contributed by atoms with E-state index >= 15 is 0 Å². The molecule has 0 unspecified atom stereocenters. The smallest absolute Gasteiger partial charge is 0.148 e. The van der Waals surface area contributed by atoms with Crippen LogP contribution in [0.1, 0.15) is 5.56 Å². The molecule has 0 fully saturated rings. The van der Waals surface area contributed by atoms with E-state index < -0.39 is 5.82 Å². The van der Waals surface area contributed by atoms with Gasteiger partial charge in [-0.2, -0.15) is 0 Å². The maximum atomic E-state index is 12.9. The zero-order chi connectivity index (χ0) is 9.14. The van der Waals surface area contributed by atoms with E-state index in [4.69, 9.17) is 5.73 Å². The van der Waals surface area contributed by atoms with Gasteiger partial charge in [0.15, 0.2) is 0 Å². The van der Waals surface area contributed by atoms with E-state index in [0.717, 1.165) is 5.56 Å². The van der Waals surface area contributed by atoms with Gasteiger partial charge in [0.2, 0.25) is 0 Å². The molecule has 1 aromatic carbocycles. The molecule has 0 spiro atoms. The second-order valence-corrected chi connectivity index (χ2v) is 2.46. The number of aryl methyl sites for hydroxylation is 1. The van der Waals surface area contributed by atoms with Crippen LogP contribution in [-0.2, 0) is 4.84 Å². The zero-order valence-corrected chi connectivity index (χ0v) is 7.02. The van der Waals surface area contributed by atoms with Crippen LogP contribution in [0, 0.1) is 12.7 Å². The molecule has 0 atom stereocenters. The molecule has 12 heavy (non-hydrogen) atoms. The highest BCUT2D eigenvalue weighted by Gasteiger charge is 2.06. The summed E-state index contributed by atoms with van der Waals surface area (Å²) in [6.45, 7) is 1.82. The van der Waals surface area contributed by atoms with Crippen LogP contribution in [0.4, 0.5) is 15.8 Å². The number of nitrogen functional groups attached to an aromatic ring is 1. The van der Waals surface area contributed by atoms with E-state index in [2.05, 4.69) is 10.3 Å². The highest BCUT2D eigenvalue weighted by atomic mass is 19.1. The summed E-state index contributed by atoms with van der Waals surface area (Å²) in [5.74, 6) is -0.444. The van der Waals surface area contributed by atoms with Crippen LogP contribution in [0.2, 0.25) is 0 Å². The summed E-state index contributed by atoms with van der Waals surface area (Å²) in [6, 6.07) is 2.96. The number of hydrogen-bond donors (Lipinski definition) is 2. The number of nitrogens with one attached hydrogen (secondary N) is 1. The number of benzene rings is 1. The van der Waals surface area contributed by atoms with Crippen molar-refractivity contribution in [2.24, 2.45) is 0 Å². The second kappa shape index (κ2) is 3.40. The molecule has 3 nitrogen and oxygen atoms in total. The lowest BCUT2D eigenvalue weighted by molar-refractivity contribution is 0.271. The van der Waals surface area contributed by atoms with E-state index in [9.17, 15) is 4.39 Å². The van der Waals surface area contributed by atoms with Crippen LogP contribution in [-0.4, -0.2) is 7.11 Å². The van der Waals surface area contributed by atoms with E-state index in [0.29, 0.717) is 5.69 Å². The van der Waals surface area contributed by atoms with Crippen molar-refractivity contribution in [1.82, 2.24) is 0 Å². The Balaban J connectivity index is 3.14. The van der Waals surface area contributed by atoms with Crippen molar-refractivity contribution in [3.63, 3.8) is 0 Å². The number of nitrogens with two attached hydrogens (primary N) is 1. The van der Waals surface area contributed by atoms with Gasteiger partial charge < -0.3 is 5.73 Å². The summed E-state index contributed by atoms with van der Waals surface area (Å²) in [4.78, 5) is 4.65. The summed E-state index contributed by atoms with van der Waals surface area (Å²) in [6.07, 6.45) is 0. The van der Waals surface area contributed by atoms with Crippen LogP contribution >= 0.6 is 0 Å². The molecular weight excluding hydrogens is 159 g/mol. The standard InChI is InChI=1S/C8H11FN2O/c1-5-3-4-6(9)7(10)8(5)11-12-2/h3-4,11H,10H2,1-2H3. The third-order valence-electron chi connectivity index (χ3n) is 1.60. The molecule has 0 bridgehead atoms. The molecule has 0 aromatic heterocycles. The van der Waals surface area contributed by atoms with Crippen molar-refractivity contribution < 1.29 is 9.23 Å². The first kappa shape index (κ1) is 8.80. The Bertz CT molecular complexity index is 289. The Morgan fingerprint density at radius 3 is 2.75 bits per heavy atom. The van der Waals surface area contributed by atoms with Crippen molar-refractivity contribution >= 4 is 11.4 Å². The summed E-state index contributed by atoms with van der Waals surface area (Å²) in [5.41, 5.74) is 9.38. The van der Waals surface area contributed by atoms with E-state index in [-0.39, 0.29) is 5.69 Å². The van der Waals surface area contributed by atoms with Crippen LogP contribution in [0.15, 0.2) is 12.1 Å². The molecule has 3 N–H and O–H groups in total. The number of halogens is 1. The Labute approximate surface area is 70.3 Å². The Kier molecular flexibility index (Phi) is 2.50. The molecule has 0 aliphatic rings. The van der Waals surface area contributed by atoms with Gasteiger partial charge in [0.25, 0.3) is 0 Å². The van der Waals surface area contributed by atoms with E-state index in [1.807, 2.05) is 6.92 Å². The van der Waals surface area contributed by atoms with Crippen molar-refractivity contribution in [3.8, 4) is 0 Å². The topological polar surface area (TPSA) is 47.3 Å². The lowest BCUT2D eigenvalue weighted by Crippen LogP contribution is -2.03. The van der Waals surface area contributed by atoms with E-state index in [1.165, 1.54) is 13.2 Å². The minimum absolute atomic E-state index is 0.0804. The quantitative estimate of drug-likeness (QED) is 0.524. The summed E-state index contributed by atoms with van der Waals surface area (Å²) < 4.78 is 12.9. The number of anilines is 2. The molecule has 0 aliphatic carbocycles. The first-order chi connectivity index (χ1) is 5.66. The molecule has 0 amide bonds. The fourth-order valence-corrected chi connectivity index (χ4v) is 0.941. The number of rotatable bonds is 2. The molecule has 66 valence electrons. The molecular formula is C8H11FN2O. The first-order valence-electron chi connectivity index (χ1n) is 3.50. The molecule has 0 saturated carbocycles. The minimum atomic E-state index is -0.444. The van der Waals surface area contributed by atoms with Crippen LogP contribution in [0.5, 0.6) is 0 Å². The fourth-order valence-electron chi connectivity index (χ4n) is 0.941. The average molecular weight is 170 g/mol. The van der Waals surface area contributed by atoms with Gasteiger partial charge in [0.1, 0.15) is 5.82 Å². The molecule has 1 aromatic rings. The van der Waals surface area contributed by atoms with Crippen LogP contribution in [0.25, 0.3) is 0 Å². The predicted octanol–water partition coefficient (Wildman–Crippen LogP) is 1.69. The van der Waals surface area contributed by atoms with Gasteiger partial charge in [0.05, 0.1) is 18.5 Å². The first-order valence-corrected chi connectivity index (χ1v) is 3.50. The SMILES string of the molecule is CONc1c(C)ccc(F)c1N.